The fraction of sp³-hybridized carbons (Fsp3) is 0.500. The van der Waals surface area contributed by atoms with Crippen molar-refractivity contribution in [1.82, 2.24) is 10.6 Å². The van der Waals surface area contributed by atoms with Gasteiger partial charge in [0.05, 0.1) is 6.54 Å². The average Bonchev–Trinajstić information content (AvgIpc) is 2.36. The van der Waals surface area contributed by atoms with Gasteiger partial charge in [0.2, 0.25) is 5.91 Å². The molecule has 1 unspecified atom stereocenters. The van der Waals surface area contributed by atoms with Crippen molar-refractivity contribution in [3.8, 4) is 0 Å². The van der Waals surface area contributed by atoms with Gasteiger partial charge < -0.3 is 10.6 Å². The Labute approximate surface area is 114 Å². The van der Waals surface area contributed by atoms with Crippen LogP contribution in [0.5, 0.6) is 0 Å². The van der Waals surface area contributed by atoms with Crippen molar-refractivity contribution in [2.24, 2.45) is 0 Å². The van der Waals surface area contributed by atoms with E-state index in [0.717, 1.165) is 17.9 Å². The molecule has 0 aliphatic carbocycles. The molecule has 0 spiro atoms. The molecule has 0 aliphatic heterocycles. The smallest absolute Gasteiger partial charge is 0.233 e. The Kier molecular flexibility index (Phi) is 6.76. The Bertz CT molecular complexity index is 365. The molecule has 100 valence electrons. The van der Waals surface area contributed by atoms with Crippen LogP contribution in [0.3, 0.4) is 0 Å². The Hall–Kier alpha value is -1.06. The highest BCUT2D eigenvalue weighted by Crippen LogP contribution is 2.20. The molecule has 1 aromatic carbocycles. The van der Waals surface area contributed by atoms with Gasteiger partial charge in [0.25, 0.3) is 0 Å². The summed E-state index contributed by atoms with van der Waals surface area (Å²) in [6, 6.07) is 7.98. The number of carbonyl (C=O) groups is 1. The van der Waals surface area contributed by atoms with Crippen molar-refractivity contribution in [3.63, 3.8) is 0 Å². The summed E-state index contributed by atoms with van der Waals surface area (Å²) in [7, 11) is 0. The second-order valence-corrected chi connectivity index (χ2v) is 4.66. The van der Waals surface area contributed by atoms with Gasteiger partial charge in [0, 0.05) is 17.6 Å². The van der Waals surface area contributed by atoms with Crippen LogP contribution in [-0.2, 0) is 4.79 Å². The zero-order valence-electron chi connectivity index (χ0n) is 11.0. The summed E-state index contributed by atoms with van der Waals surface area (Å²) in [4.78, 5) is 11.4. The number of rotatable bonds is 7. The van der Waals surface area contributed by atoms with E-state index in [1.54, 1.807) is 0 Å². The van der Waals surface area contributed by atoms with Crippen molar-refractivity contribution in [2.45, 2.75) is 32.7 Å². The summed E-state index contributed by atoms with van der Waals surface area (Å²) in [5, 5.41) is 6.80. The van der Waals surface area contributed by atoms with Crippen LogP contribution in [0.15, 0.2) is 24.3 Å². The molecule has 2 N–H and O–H groups in total. The molecule has 0 radical (unpaired) electrons. The minimum atomic E-state index is 0.0348. The number of halogens is 1. The normalized spacial score (nSPS) is 12.2. The largest absolute Gasteiger partial charge is 0.355 e. The number of carbonyl (C=O) groups excluding carboxylic acids is 1. The summed E-state index contributed by atoms with van der Waals surface area (Å²) in [5.74, 6) is 0.0348. The van der Waals surface area contributed by atoms with Crippen LogP contribution in [0.2, 0.25) is 5.02 Å². The summed E-state index contributed by atoms with van der Waals surface area (Å²) in [6.45, 7) is 5.07. The van der Waals surface area contributed by atoms with Crippen LogP contribution < -0.4 is 10.6 Å². The molecular formula is C14H21ClN2O. The monoisotopic (exact) mass is 268 g/mol. The third-order valence-electron chi connectivity index (χ3n) is 2.73. The van der Waals surface area contributed by atoms with Crippen molar-refractivity contribution >= 4 is 17.5 Å². The van der Waals surface area contributed by atoms with Crippen LogP contribution in [0, 0.1) is 0 Å². The van der Waals surface area contributed by atoms with Gasteiger partial charge in [-0.1, -0.05) is 37.1 Å². The molecule has 0 heterocycles. The van der Waals surface area contributed by atoms with E-state index in [9.17, 15) is 4.79 Å². The molecule has 18 heavy (non-hydrogen) atoms. The highest BCUT2D eigenvalue weighted by Gasteiger charge is 2.11. The Morgan fingerprint density at radius 1 is 1.28 bits per heavy atom. The molecule has 1 amide bonds. The van der Waals surface area contributed by atoms with Gasteiger partial charge in [-0.2, -0.15) is 0 Å². The van der Waals surface area contributed by atoms with Crippen LogP contribution in [-0.4, -0.2) is 19.0 Å². The Balaban J connectivity index is 2.59. The Morgan fingerprint density at radius 2 is 1.94 bits per heavy atom. The first-order valence-electron chi connectivity index (χ1n) is 6.42. The number of hydrogen-bond acceptors (Lipinski definition) is 2. The molecule has 0 bridgehead atoms. The van der Waals surface area contributed by atoms with E-state index >= 15 is 0 Å². The van der Waals surface area contributed by atoms with E-state index in [1.807, 2.05) is 31.2 Å². The first-order chi connectivity index (χ1) is 8.67. The second kappa shape index (κ2) is 8.11. The van der Waals surface area contributed by atoms with Gasteiger partial charge in [-0.05, 0) is 31.0 Å². The molecule has 0 fully saturated rings. The summed E-state index contributed by atoms with van der Waals surface area (Å²) in [6.07, 6.45) is 2.07. The van der Waals surface area contributed by atoms with Gasteiger partial charge in [-0.3, -0.25) is 4.79 Å². The van der Waals surface area contributed by atoms with Gasteiger partial charge >= 0.3 is 0 Å². The lowest BCUT2D eigenvalue weighted by molar-refractivity contribution is -0.120. The van der Waals surface area contributed by atoms with Crippen molar-refractivity contribution in [2.75, 3.05) is 13.1 Å². The highest BCUT2D eigenvalue weighted by atomic mass is 35.5. The lowest BCUT2D eigenvalue weighted by Crippen LogP contribution is -2.35. The third-order valence-corrected chi connectivity index (χ3v) is 2.98. The maximum atomic E-state index is 11.4. The van der Waals surface area contributed by atoms with Crippen LogP contribution in [0.4, 0.5) is 0 Å². The molecule has 1 atom stereocenters. The predicted molar refractivity (Wildman–Crippen MR) is 75.8 cm³/mol. The minimum Gasteiger partial charge on any atom is -0.355 e. The molecule has 0 aliphatic rings. The summed E-state index contributed by atoms with van der Waals surface area (Å²) in [5.41, 5.74) is 1.17. The van der Waals surface area contributed by atoms with Crippen LogP contribution >= 0.6 is 11.6 Å². The van der Waals surface area contributed by atoms with Crippen molar-refractivity contribution in [1.29, 1.82) is 0 Å². The van der Waals surface area contributed by atoms with Crippen molar-refractivity contribution in [3.05, 3.63) is 34.9 Å². The number of likely N-dealkylation sites (N-methyl/N-ethyl adjacent to an activating group) is 1. The maximum Gasteiger partial charge on any atom is 0.233 e. The van der Waals surface area contributed by atoms with E-state index in [0.29, 0.717) is 13.1 Å². The quantitative estimate of drug-likeness (QED) is 0.798. The average molecular weight is 269 g/mol. The van der Waals surface area contributed by atoms with Gasteiger partial charge in [0.15, 0.2) is 0 Å². The number of hydrogen-bond donors (Lipinski definition) is 2. The van der Waals surface area contributed by atoms with Crippen LogP contribution in [0.1, 0.15) is 38.3 Å². The maximum absolute atomic E-state index is 11.4. The second-order valence-electron chi connectivity index (χ2n) is 4.23. The summed E-state index contributed by atoms with van der Waals surface area (Å²) >= 11 is 5.88. The fourth-order valence-corrected chi connectivity index (χ4v) is 1.97. The van der Waals surface area contributed by atoms with Gasteiger partial charge in [-0.15, -0.1) is 0 Å². The van der Waals surface area contributed by atoms with Crippen molar-refractivity contribution < 1.29 is 4.79 Å². The van der Waals surface area contributed by atoms with E-state index in [2.05, 4.69) is 17.6 Å². The minimum absolute atomic E-state index is 0.0348. The number of amides is 1. The zero-order valence-corrected chi connectivity index (χ0v) is 11.8. The van der Waals surface area contributed by atoms with E-state index in [1.165, 1.54) is 5.56 Å². The molecule has 0 saturated carbocycles. The Morgan fingerprint density at radius 3 is 2.50 bits per heavy atom. The first-order valence-corrected chi connectivity index (χ1v) is 6.80. The fourth-order valence-electron chi connectivity index (χ4n) is 1.85. The number of benzene rings is 1. The molecule has 0 saturated heterocycles. The van der Waals surface area contributed by atoms with E-state index in [4.69, 9.17) is 11.6 Å². The van der Waals surface area contributed by atoms with Crippen LogP contribution in [0.25, 0.3) is 0 Å². The topological polar surface area (TPSA) is 41.1 Å². The van der Waals surface area contributed by atoms with E-state index in [-0.39, 0.29) is 11.9 Å². The first kappa shape index (κ1) is 15.0. The standard InChI is InChI=1S/C14H21ClN2O/c1-3-5-13(17-10-14(18)16-4-2)11-6-8-12(15)9-7-11/h6-9,13,17H,3-5,10H2,1-2H3,(H,16,18). The van der Waals surface area contributed by atoms with E-state index < -0.39 is 0 Å². The van der Waals surface area contributed by atoms with Gasteiger partial charge in [0.1, 0.15) is 0 Å². The molecule has 1 rings (SSSR count). The molecule has 1 aromatic rings. The lowest BCUT2D eigenvalue weighted by atomic mass is 10.0. The number of nitrogens with one attached hydrogen (secondary N) is 2. The summed E-state index contributed by atoms with van der Waals surface area (Å²) < 4.78 is 0. The lowest BCUT2D eigenvalue weighted by Gasteiger charge is -2.18. The SMILES string of the molecule is CCCC(NCC(=O)NCC)c1ccc(Cl)cc1. The third kappa shape index (κ3) is 5.07. The zero-order chi connectivity index (χ0) is 13.4. The molecule has 0 aromatic heterocycles. The predicted octanol–water partition coefficient (Wildman–Crippen LogP) is 2.91. The molecule has 3 nitrogen and oxygen atoms in total. The van der Waals surface area contributed by atoms with Gasteiger partial charge in [-0.25, -0.2) is 0 Å². The molecule has 4 heteroatoms. The highest BCUT2D eigenvalue weighted by molar-refractivity contribution is 6.30. The molecular weight excluding hydrogens is 248 g/mol.